The van der Waals surface area contributed by atoms with Crippen molar-refractivity contribution in [3.05, 3.63) is 48.0 Å². The zero-order chi connectivity index (χ0) is 18.4. The molecule has 1 aliphatic heterocycles. The Morgan fingerprint density at radius 1 is 1.42 bits per heavy atom. The van der Waals surface area contributed by atoms with Gasteiger partial charge in [0.05, 0.1) is 7.11 Å². The lowest BCUT2D eigenvalue weighted by Crippen LogP contribution is -2.40. The fraction of sp³-hybridized carbons (Fsp3) is 0.421. The standard InChI is InChI=1S/C19H24N4O3/c1-26-16-6-2-4-14(12-16)19(25)22-8-7-17(24)23-11-3-5-15(13-23)18-20-9-10-21-18/h2,4,6,9-10,12,15H,3,5,7-8,11,13H2,1H3,(H,20,21)(H,22,25)/t15-/m0/s1. The van der Waals surface area contributed by atoms with E-state index in [1.807, 2.05) is 11.1 Å². The Bertz CT molecular complexity index is 745. The van der Waals surface area contributed by atoms with Crippen molar-refractivity contribution in [2.75, 3.05) is 26.7 Å². The van der Waals surface area contributed by atoms with Crippen LogP contribution in [0.25, 0.3) is 0 Å². The molecule has 138 valence electrons. The van der Waals surface area contributed by atoms with E-state index in [1.54, 1.807) is 37.6 Å². The summed E-state index contributed by atoms with van der Waals surface area (Å²) in [5, 5.41) is 2.80. The van der Waals surface area contributed by atoms with E-state index in [0.717, 1.165) is 25.2 Å². The van der Waals surface area contributed by atoms with Crippen LogP contribution in [-0.4, -0.2) is 53.4 Å². The second-order valence-corrected chi connectivity index (χ2v) is 6.39. The van der Waals surface area contributed by atoms with Crippen molar-refractivity contribution in [2.45, 2.75) is 25.2 Å². The minimum atomic E-state index is -0.205. The molecule has 1 fully saturated rings. The van der Waals surface area contributed by atoms with Crippen LogP contribution in [0.4, 0.5) is 0 Å². The Labute approximate surface area is 152 Å². The first-order valence-electron chi connectivity index (χ1n) is 8.86. The second kappa shape index (κ2) is 8.51. The van der Waals surface area contributed by atoms with Gasteiger partial charge in [0.1, 0.15) is 11.6 Å². The SMILES string of the molecule is COc1cccc(C(=O)NCCC(=O)N2CCC[C@H](c3ncc[nH]3)C2)c1. The third-order valence-electron chi connectivity index (χ3n) is 4.64. The van der Waals surface area contributed by atoms with Gasteiger partial charge < -0.3 is 19.9 Å². The molecular weight excluding hydrogens is 332 g/mol. The number of aromatic nitrogens is 2. The molecular formula is C19H24N4O3. The van der Waals surface area contributed by atoms with Crippen LogP contribution in [0.5, 0.6) is 5.75 Å². The molecule has 0 bridgehead atoms. The number of piperidine rings is 1. The molecule has 1 aromatic heterocycles. The van der Waals surface area contributed by atoms with Crippen molar-refractivity contribution >= 4 is 11.8 Å². The molecule has 26 heavy (non-hydrogen) atoms. The molecule has 1 atom stereocenters. The first-order chi connectivity index (χ1) is 12.7. The number of carbonyl (C=O) groups is 2. The summed E-state index contributed by atoms with van der Waals surface area (Å²) < 4.78 is 5.12. The van der Waals surface area contributed by atoms with Gasteiger partial charge in [-0.05, 0) is 31.0 Å². The first-order valence-corrected chi connectivity index (χ1v) is 8.86. The number of rotatable bonds is 6. The van der Waals surface area contributed by atoms with Gasteiger partial charge in [0.2, 0.25) is 5.91 Å². The fourth-order valence-electron chi connectivity index (χ4n) is 3.24. The maximum Gasteiger partial charge on any atom is 0.251 e. The molecule has 0 saturated carbocycles. The summed E-state index contributed by atoms with van der Waals surface area (Å²) in [5.74, 6) is 1.69. The van der Waals surface area contributed by atoms with Gasteiger partial charge in [-0.3, -0.25) is 9.59 Å². The van der Waals surface area contributed by atoms with Gasteiger partial charge in [-0.1, -0.05) is 6.07 Å². The van der Waals surface area contributed by atoms with Crippen LogP contribution < -0.4 is 10.1 Å². The van der Waals surface area contributed by atoms with Crippen molar-refractivity contribution < 1.29 is 14.3 Å². The zero-order valence-corrected chi connectivity index (χ0v) is 14.9. The van der Waals surface area contributed by atoms with Crippen LogP contribution in [0.15, 0.2) is 36.7 Å². The molecule has 2 heterocycles. The van der Waals surface area contributed by atoms with Gasteiger partial charge in [0.25, 0.3) is 5.91 Å². The minimum absolute atomic E-state index is 0.0622. The number of ether oxygens (including phenoxy) is 1. The molecule has 1 aromatic carbocycles. The fourth-order valence-corrected chi connectivity index (χ4v) is 3.24. The van der Waals surface area contributed by atoms with Crippen LogP contribution in [0, 0.1) is 0 Å². The lowest BCUT2D eigenvalue weighted by Gasteiger charge is -2.32. The number of benzene rings is 1. The van der Waals surface area contributed by atoms with Crippen molar-refractivity contribution in [1.29, 1.82) is 0 Å². The molecule has 2 N–H and O–H groups in total. The van der Waals surface area contributed by atoms with Crippen LogP contribution in [0.3, 0.4) is 0 Å². The third-order valence-corrected chi connectivity index (χ3v) is 4.64. The Balaban J connectivity index is 1.47. The molecule has 2 amide bonds. The Kier molecular flexibility index (Phi) is 5.88. The highest BCUT2D eigenvalue weighted by Gasteiger charge is 2.25. The molecule has 7 heteroatoms. The number of imidazole rings is 1. The molecule has 0 aliphatic carbocycles. The van der Waals surface area contributed by atoms with E-state index in [9.17, 15) is 9.59 Å². The summed E-state index contributed by atoms with van der Waals surface area (Å²) in [4.78, 5) is 33.9. The molecule has 0 unspecified atom stereocenters. The summed E-state index contributed by atoms with van der Waals surface area (Å²) in [7, 11) is 1.56. The third kappa shape index (κ3) is 4.41. The van der Waals surface area contributed by atoms with Crippen molar-refractivity contribution in [3.63, 3.8) is 0 Å². The Hall–Kier alpha value is -2.83. The van der Waals surface area contributed by atoms with E-state index in [-0.39, 0.29) is 17.7 Å². The van der Waals surface area contributed by atoms with Gasteiger partial charge in [0, 0.05) is 49.9 Å². The number of aromatic amines is 1. The highest BCUT2D eigenvalue weighted by Crippen LogP contribution is 2.24. The summed E-state index contributed by atoms with van der Waals surface area (Å²) in [6.45, 7) is 1.76. The first kappa shape index (κ1) is 18.0. The number of nitrogens with one attached hydrogen (secondary N) is 2. The van der Waals surface area contributed by atoms with Crippen molar-refractivity contribution in [3.8, 4) is 5.75 Å². The number of H-pyrrole nitrogens is 1. The topological polar surface area (TPSA) is 87.3 Å². The molecule has 0 radical (unpaired) electrons. The number of hydrogen-bond donors (Lipinski definition) is 2. The van der Waals surface area contributed by atoms with Gasteiger partial charge in [0.15, 0.2) is 0 Å². The summed E-state index contributed by atoms with van der Waals surface area (Å²) in [6, 6.07) is 6.95. The maximum absolute atomic E-state index is 12.5. The van der Waals surface area contributed by atoms with Crippen LogP contribution in [-0.2, 0) is 4.79 Å². The molecule has 0 spiro atoms. The van der Waals surface area contributed by atoms with E-state index in [2.05, 4.69) is 15.3 Å². The predicted molar refractivity (Wildman–Crippen MR) is 97.1 cm³/mol. The number of hydrogen-bond acceptors (Lipinski definition) is 4. The van der Waals surface area contributed by atoms with E-state index < -0.39 is 0 Å². The van der Waals surface area contributed by atoms with E-state index in [0.29, 0.717) is 30.8 Å². The summed E-state index contributed by atoms with van der Waals surface area (Å²) in [6.07, 6.45) is 5.84. The lowest BCUT2D eigenvalue weighted by molar-refractivity contribution is -0.132. The number of nitrogens with zero attached hydrogens (tertiary/aromatic N) is 2. The molecule has 3 rings (SSSR count). The number of methoxy groups -OCH3 is 1. The monoisotopic (exact) mass is 356 g/mol. The smallest absolute Gasteiger partial charge is 0.251 e. The number of carbonyl (C=O) groups excluding carboxylic acids is 2. The average Bonchev–Trinajstić information content (AvgIpc) is 3.23. The second-order valence-electron chi connectivity index (χ2n) is 6.39. The molecule has 1 saturated heterocycles. The minimum Gasteiger partial charge on any atom is -0.497 e. The van der Waals surface area contributed by atoms with E-state index >= 15 is 0 Å². The van der Waals surface area contributed by atoms with E-state index in [1.165, 1.54) is 0 Å². The normalized spacial score (nSPS) is 17.0. The van der Waals surface area contributed by atoms with E-state index in [4.69, 9.17) is 4.74 Å². The quantitative estimate of drug-likeness (QED) is 0.828. The number of amides is 2. The summed E-state index contributed by atoms with van der Waals surface area (Å²) in [5.41, 5.74) is 0.521. The van der Waals surface area contributed by atoms with Crippen molar-refractivity contribution in [1.82, 2.24) is 20.2 Å². The highest BCUT2D eigenvalue weighted by molar-refractivity contribution is 5.94. The molecule has 1 aliphatic rings. The van der Waals surface area contributed by atoms with Crippen LogP contribution >= 0.6 is 0 Å². The van der Waals surface area contributed by atoms with Crippen LogP contribution in [0.2, 0.25) is 0 Å². The predicted octanol–water partition coefficient (Wildman–Crippen LogP) is 1.94. The summed E-state index contributed by atoms with van der Waals surface area (Å²) >= 11 is 0. The van der Waals surface area contributed by atoms with Crippen LogP contribution in [0.1, 0.15) is 41.4 Å². The lowest BCUT2D eigenvalue weighted by atomic mass is 9.97. The highest BCUT2D eigenvalue weighted by atomic mass is 16.5. The van der Waals surface area contributed by atoms with Gasteiger partial charge in [-0.25, -0.2) is 4.98 Å². The van der Waals surface area contributed by atoms with Gasteiger partial charge >= 0.3 is 0 Å². The van der Waals surface area contributed by atoms with Gasteiger partial charge in [-0.2, -0.15) is 0 Å². The molecule has 2 aromatic rings. The maximum atomic E-state index is 12.5. The largest absolute Gasteiger partial charge is 0.497 e. The number of likely N-dealkylation sites (tertiary alicyclic amines) is 1. The van der Waals surface area contributed by atoms with Crippen molar-refractivity contribution in [2.24, 2.45) is 0 Å². The Morgan fingerprint density at radius 2 is 2.31 bits per heavy atom. The zero-order valence-electron chi connectivity index (χ0n) is 14.9. The Morgan fingerprint density at radius 3 is 3.08 bits per heavy atom. The van der Waals surface area contributed by atoms with Gasteiger partial charge in [-0.15, -0.1) is 0 Å². The molecule has 7 nitrogen and oxygen atoms in total. The average molecular weight is 356 g/mol.